The molecule has 4 nitrogen and oxygen atoms in total. The van der Waals surface area contributed by atoms with E-state index in [-0.39, 0.29) is 6.04 Å². The first-order valence-electron chi connectivity index (χ1n) is 3.93. The van der Waals surface area contributed by atoms with Gasteiger partial charge in [-0.25, -0.2) is 4.79 Å². The molecule has 0 unspecified atom stereocenters. The summed E-state index contributed by atoms with van der Waals surface area (Å²) in [6, 6.07) is 0.619. The first kappa shape index (κ1) is 6.91. The summed E-state index contributed by atoms with van der Waals surface area (Å²) in [7, 11) is 0. The van der Waals surface area contributed by atoms with E-state index in [1.54, 1.807) is 4.90 Å². The standard InChI is InChI=1S/C7H12N2O2/c1-4-5-3-9(7(10)11)6(4)2-8-5/h4-6,8H,2-3H2,1H3,(H,10,11)/t4-,5+,6+/m0/s1. The van der Waals surface area contributed by atoms with E-state index < -0.39 is 6.09 Å². The van der Waals surface area contributed by atoms with Gasteiger partial charge in [-0.1, -0.05) is 6.92 Å². The summed E-state index contributed by atoms with van der Waals surface area (Å²) in [4.78, 5) is 12.2. The summed E-state index contributed by atoms with van der Waals surface area (Å²) >= 11 is 0. The largest absolute Gasteiger partial charge is 0.465 e. The lowest BCUT2D eigenvalue weighted by Crippen LogP contribution is -2.45. The molecule has 0 radical (unpaired) electrons. The number of carboxylic acid groups (broad SMARTS) is 1. The van der Waals surface area contributed by atoms with Gasteiger partial charge in [-0.05, 0) is 5.92 Å². The Kier molecular flexibility index (Phi) is 1.32. The Labute approximate surface area is 65.2 Å². The van der Waals surface area contributed by atoms with Gasteiger partial charge in [0, 0.05) is 19.1 Å². The van der Waals surface area contributed by atoms with Gasteiger partial charge in [0.25, 0.3) is 0 Å². The molecule has 1 amide bonds. The molecule has 0 aromatic carbocycles. The second-order valence-corrected chi connectivity index (χ2v) is 3.38. The van der Waals surface area contributed by atoms with Crippen molar-refractivity contribution < 1.29 is 9.90 Å². The molecule has 0 aliphatic carbocycles. The predicted molar refractivity (Wildman–Crippen MR) is 39.5 cm³/mol. The van der Waals surface area contributed by atoms with Crippen LogP contribution < -0.4 is 5.32 Å². The molecule has 2 saturated heterocycles. The Morgan fingerprint density at radius 3 is 2.73 bits per heavy atom. The Morgan fingerprint density at radius 1 is 1.73 bits per heavy atom. The molecule has 2 fully saturated rings. The number of fused-ring (bicyclic) bond motifs is 2. The number of likely N-dealkylation sites (tertiary alicyclic amines) is 1. The number of hydrogen-bond acceptors (Lipinski definition) is 2. The molecule has 2 rings (SSSR count). The van der Waals surface area contributed by atoms with Gasteiger partial charge >= 0.3 is 6.09 Å². The minimum atomic E-state index is -0.772. The van der Waals surface area contributed by atoms with Crippen molar-refractivity contribution >= 4 is 6.09 Å². The number of carbonyl (C=O) groups is 1. The first-order valence-corrected chi connectivity index (χ1v) is 3.93. The summed E-state index contributed by atoms with van der Waals surface area (Å²) in [5, 5.41) is 12.0. The summed E-state index contributed by atoms with van der Waals surface area (Å²) in [5.74, 6) is 0.492. The SMILES string of the molecule is C[C@@H]1[C@H]2CN[C@@H]1CN2C(=O)O. The molecular formula is C7H12N2O2. The van der Waals surface area contributed by atoms with Crippen molar-refractivity contribution in [2.45, 2.75) is 19.0 Å². The second kappa shape index (κ2) is 2.11. The number of hydrogen-bond donors (Lipinski definition) is 2. The highest BCUT2D eigenvalue weighted by atomic mass is 16.4. The molecule has 62 valence electrons. The molecular weight excluding hydrogens is 144 g/mol. The molecule has 2 aliphatic heterocycles. The van der Waals surface area contributed by atoms with Gasteiger partial charge < -0.3 is 15.3 Å². The third-order valence-electron chi connectivity index (χ3n) is 2.87. The Morgan fingerprint density at radius 2 is 2.45 bits per heavy atom. The van der Waals surface area contributed by atoms with Gasteiger partial charge in [0.1, 0.15) is 0 Å². The van der Waals surface area contributed by atoms with Crippen LogP contribution in [0.3, 0.4) is 0 Å². The van der Waals surface area contributed by atoms with Crippen LogP contribution in [-0.4, -0.2) is 41.3 Å². The Bertz CT molecular complexity index is 195. The van der Waals surface area contributed by atoms with E-state index >= 15 is 0 Å². The van der Waals surface area contributed by atoms with Crippen LogP contribution in [0.5, 0.6) is 0 Å². The van der Waals surface area contributed by atoms with Crippen LogP contribution in [0.25, 0.3) is 0 Å². The van der Waals surface area contributed by atoms with Crippen LogP contribution in [0.2, 0.25) is 0 Å². The molecule has 11 heavy (non-hydrogen) atoms. The molecule has 0 saturated carbocycles. The van der Waals surface area contributed by atoms with Gasteiger partial charge in [-0.15, -0.1) is 0 Å². The summed E-state index contributed by atoms with van der Waals surface area (Å²) in [5.41, 5.74) is 0. The first-order chi connectivity index (χ1) is 5.20. The molecule has 0 spiro atoms. The molecule has 2 heterocycles. The maximum atomic E-state index is 10.6. The Balaban J connectivity index is 2.14. The highest BCUT2D eigenvalue weighted by molar-refractivity contribution is 5.66. The zero-order valence-corrected chi connectivity index (χ0v) is 6.45. The highest BCUT2D eigenvalue weighted by Crippen LogP contribution is 2.28. The normalized spacial score (nSPS) is 41.5. The van der Waals surface area contributed by atoms with E-state index in [9.17, 15) is 4.79 Å². The van der Waals surface area contributed by atoms with Crippen molar-refractivity contribution in [3.05, 3.63) is 0 Å². The number of rotatable bonds is 0. The lowest BCUT2D eigenvalue weighted by molar-refractivity contribution is 0.132. The summed E-state index contributed by atoms with van der Waals surface area (Å²) in [6.45, 7) is 3.61. The smallest absolute Gasteiger partial charge is 0.407 e. The third kappa shape index (κ3) is 0.822. The average Bonchev–Trinajstić information content (AvgIpc) is 2.46. The van der Waals surface area contributed by atoms with E-state index in [4.69, 9.17) is 5.11 Å². The van der Waals surface area contributed by atoms with Crippen molar-refractivity contribution in [1.82, 2.24) is 10.2 Å². The molecule has 4 heteroatoms. The van der Waals surface area contributed by atoms with Crippen molar-refractivity contribution in [3.8, 4) is 0 Å². The van der Waals surface area contributed by atoms with Crippen molar-refractivity contribution in [2.75, 3.05) is 13.1 Å². The lowest BCUT2D eigenvalue weighted by atomic mass is 10.0. The quantitative estimate of drug-likeness (QED) is 0.517. The van der Waals surface area contributed by atoms with Crippen LogP contribution in [0.1, 0.15) is 6.92 Å². The van der Waals surface area contributed by atoms with E-state index in [0.29, 0.717) is 18.5 Å². The monoisotopic (exact) mass is 156 g/mol. The van der Waals surface area contributed by atoms with Crippen LogP contribution >= 0.6 is 0 Å². The number of nitrogens with zero attached hydrogens (tertiary/aromatic N) is 1. The average molecular weight is 156 g/mol. The summed E-state index contributed by atoms with van der Waals surface area (Å²) in [6.07, 6.45) is -0.772. The maximum absolute atomic E-state index is 10.6. The van der Waals surface area contributed by atoms with Gasteiger partial charge in [-0.2, -0.15) is 0 Å². The fourth-order valence-electron chi connectivity index (χ4n) is 2.10. The van der Waals surface area contributed by atoms with Gasteiger partial charge in [-0.3, -0.25) is 0 Å². The fourth-order valence-corrected chi connectivity index (χ4v) is 2.10. The fraction of sp³-hybridized carbons (Fsp3) is 0.857. The lowest BCUT2D eigenvalue weighted by Gasteiger charge is -2.24. The third-order valence-corrected chi connectivity index (χ3v) is 2.87. The molecule has 3 atom stereocenters. The number of piperazine rings is 1. The van der Waals surface area contributed by atoms with Gasteiger partial charge in [0.05, 0.1) is 6.04 Å². The predicted octanol–water partition coefficient (Wildman–Crippen LogP) is -0.0435. The molecule has 0 aromatic rings. The van der Waals surface area contributed by atoms with Crippen LogP contribution in [0.15, 0.2) is 0 Å². The molecule has 2 aliphatic rings. The van der Waals surface area contributed by atoms with Crippen LogP contribution in [0.4, 0.5) is 4.79 Å². The second-order valence-electron chi connectivity index (χ2n) is 3.38. The highest BCUT2D eigenvalue weighted by Gasteiger charge is 2.46. The zero-order chi connectivity index (χ0) is 8.01. The molecule has 0 aromatic heterocycles. The van der Waals surface area contributed by atoms with E-state index in [0.717, 1.165) is 6.54 Å². The van der Waals surface area contributed by atoms with Crippen LogP contribution in [0, 0.1) is 5.92 Å². The minimum absolute atomic E-state index is 0.220. The summed E-state index contributed by atoms with van der Waals surface area (Å²) < 4.78 is 0. The number of amides is 1. The van der Waals surface area contributed by atoms with Crippen molar-refractivity contribution in [3.63, 3.8) is 0 Å². The molecule has 2 N–H and O–H groups in total. The minimum Gasteiger partial charge on any atom is -0.465 e. The van der Waals surface area contributed by atoms with E-state index in [1.165, 1.54) is 0 Å². The Hall–Kier alpha value is -0.770. The molecule has 2 bridgehead atoms. The van der Waals surface area contributed by atoms with E-state index in [2.05, 4.69) is 12.2 Å². The van der Waals surface area contributed by atoms with E-state index in [1.807, 2.05) is 0 Å². The van der Waals surface area contributed by atoms with Gasteiger partial charge in [0.2, 0.25) is 0 Å². The van der Waals surface area contributed by atoms with Crippen molar-refractivity contribution in [2.24, 2.45) is 5.92 Å². The number of nitrogens with one attached hydrogen (secondary N) is 1. The van der Waals surface area contributed by atoms with Crippen LogP contribution in [-0.2, 0) is 0 Å². The topological polar surface area (TPSA) is 52.6 Å². The zero-order valence-electron chi connectivity index (χ0n) is 6.45. The van der Waals surface area contributed by atoms with Gasteiger partial charge in [0.15, 0.2) is 0 Å². The maximum Gasteiger partial charge on any atom is 0.407 e. The van der Waals surface area contributed by atoms with Crippen molar-refractivity contribution in [1.29, 1.82) is 0 Å².